The van der Waals surface area contributed by atoms with Crippen LogP contribution in [-0.2, 0) is 12.4 Å². The Balaban J connectivity index is 2.17. The first-order valence-corrected chi connectivity index (χ1v) is 9.20. The van der Waals surface area contributed by atoms with Crippen LogP contribution in [0.5, 0.6) is 0 Å². The molecule has 0 aliphatic heterocycles. The van der Waals surface area contributed by atoms with Gasteiger partial charge in [0, 0.05) is 0 Å². The quantitative estimate of drug-likeness (QED) is 0.349. The van der Waals surface area contributed by atoms with Gasteiger partial charge in [-0.15, -0.1) is 0 Å². The lowest BCUT2D eigenvalue weighted by Gasteiger charge is -2.25. The molecule has 142 valence electrons. The zero-order valence-electron chi connectivity index (χ0n) is 13.7. The summed E-state index contributed by atoms with van der Waals surface area (Å²) in [5.74, 6) is 0. The van der Waals surface area contributed by atoms with Crippen LogP contribution in [0.2, 0.25) is 0 Å². The van der Waals surface area contributed by atoms with Crippen LogP contribution < -0.4 is 0 Å². The molecular formula is C20H14F6S. The highest BCUT2D eigenvalue weighted by molar-refractivity contribution is 8.17. The van der Waals surface area contributed by atoms with Crippen molar-refractivity contribution in [2.75, 3.05) is 0 Å². The van der Waals surface area contributed by atoms with Gasteiger partial charge in [0.2, 0.25) is 0 Å². The lowest BCUT2D eigenvalue weighted by molar-refractivity contribution is -0.138. The molecule has 0 N–H and O–H groups in total. The van der Waals surface area contributed by atoms with E-state index in [4.69, 9.17) is 0 Å². The van der Waals surface area contributed by atoms with Crippen molar-refractivity contribution in [3.63, 3.8) is 0 Å². The molecule has 3 rings (SSSR count). The maximum Gasteiger partial charge on any atom is 0.416 e. The second-order valence-corrected chi connectivity index (χ2v) is 7.99. The van der Waals surface area contributed by atoms with Crippen molar-refractivity contribution >= 4 is 10.9 Å². The van der Waals surface area contributed by atoms with Gasteiger partial charge in [0.1, 0.15) is 0 Å². The fourth-order valence-electron chi connectivity index (χ4n) is 2.67. The summed E-state index contributed by atoms with van der Waals surface area (Å²) in [5.41, 5.74) is -1.65. The summed E-state index contributed by atoms with van der Waals surface area (Å²) in [6.45, 7) is 0. The smallest absolute Gasteiger partial charge is 0.173 e. The van der Waals surface area contributed by atoms with E-state index in [1.54, 1.807) is 30.3 Å². The van der Waals surface area contributed by atoms with Crippen LogP contribution in [0.4, 0.5) is 26.3 Å². The van der Waals surface area contributed by atoms with Crippen LogP contribution in [0.25, 0.3) is 0 Å². The second kappa shape index (κ2) is 7.31. The van der Waals surface area contributed by atoms with Gasteiger partial charge in [0.25, 0.3) is 0 Å². The molecular weight excluding hydrogens is 386 g/mol. The van der Waals surface area contributed by atoms with Crippen LogP contribution in [0.1, 0.15) is 11.1 Å². The minimum Gasteiger partial charge on any atom is -0.173 e. The summed E-state index contributed by atoms with van der Waals surface area (Å²) in [6.07, 6.45) is -9.05. The van der Waals surface area contributed by atoms with Crippen molar-refractivity contribution in [2.45, 2.75) is 27.0 Å². The highest BCUT2D eigenvalue weighted by Crippen LogP contribution is 2.52. The number of alkyl halides is 6. The Bertz CT molecular complexity index is 858. The van der Waals surface area contributed by atoms with Crippen molar-refractivity contribution in [1.82, 2.24) is 0 Å². The van der Waals surface area contributed by atoms with E-state index in [0.717, 1.165) is 24.3 Å². The molecule has 0 saturated carbocycles. The number of benzene rings is 3. The summed E-state index contributed by atoms with van der Waals surface area (Å²) >= 11 is 0. The topological polar surface area (TPSA) is 0 Å². The van der Waals surface area contributed by atoms with Gasteiger partial charge in [0.05, 0.1) is 11.1 Å². The van der Waals surface area contributed by atoms with Gasteiger partial charge in [-0.3, -0.25) is 0 Å². The molecule has 3 aromatic rings. The third-order valence-corrected chi connectivity index (χ3v) is 6.28. The maximum absolute atomic E-state index is 13.1. The molecule has 0 amide bonds. The van der Waals surface area contributed by atoms with E-state index in [2.05, 4.69) is 0 Å². The predicted octanol–water partition coefficient (Wildman–Crippen LogP) is 7.20. The highest BCUT2D eigenvalue weighted by Gasteiger charge is 2.32. The number of thiol groups is 1. The Kier molecular flexibility index (Phi) is 5.24. The normalized spacial score (nSPS) is 12.7. The molecule has 7 heteroatoms. The Morgan fingerprint density at radius 1 is 0.481 bits per heavy atom. The molecule has 0 atom stereocenters. The van der Waals surface area contributed by atoms with E-state index in [1.165, 1.54) is 24.3 Å². The Morgan fingerprint density at radius 2 is 0.889 bits per heavy atom. The van der Waals surface area contributed by atoms with Crippen molar-refractivity contribution in [2.24, 2.45) is 0 Å². The van der Waals surface area contributed by atoms with Gasteiger partial charge in [-0.1, -0.05) is 30.3 Å². The van der Waals surface area contributed by atoms with E-state index >= 15 is 0 Å². The summed E-state index contributed by atoms with van der Waals surface area (Å²) < 4.78 is 78.7. The van der Waals surface area contributed by atoms with E-state index in [0.29, 0.717) is 14.7 Å². The van der Waals surface area contributed by atoms with E-state index in [1.807, 2.05) is 0 Å². The first-order chi connectivity index (χ1) is 12.7. The lowest BCUT2D eigenvalue weighted by Crippen LogP contribution is -2.06. The predicted molar refractivity (Wildman–Crippen MR) is 93.1 cm³/mol. The SMILES string of the molecule is FC(F)(F)c1cccc([SH](c2ccccc2)c2cccc(C(F)(F)F)c2)c1. The lowest BCUT2D eigenvalue weighted by atomic mass is 10.2. The zero-order chi connectivity index (χ0) is 19.7. The average Bonchev–Trinajstić information content (AvgIpc) is 2.62. The van der Waals surface area contributed by atoms with Gasteiger partial charge in [-0.2, -0.15) is 37.2 Å². The molecule has 0 aromatic heterocycles. The molecule has 0 unspecified atom stereocenters. The van der Waals surface area contributed by atoms with Crippen molar-refractivity contribution in [3.8, 4) is 0 Å². The van der Waals surface area contributed by atoms with Gasteiger partial charge in [-0.25, -0.2) is 0 Å². The van der Waals surface area contributed by atoms with Crippen LogP contribution in [0.3, 0.4) is 0 Å². The molecule has 27 heavy (non-hydrogen) atoms. The first-order valence-electron chi connectivity index (χ1n) is 7.86. The third-order valence-electron chi connectivity index (χ3n) is 3.88. The van der Waals surface area contributed by atoms with E-state index in [-0.39, 0.29) is 0 Å². The molecule has 0 spiro atoms. The summed E-state index contributed by atoms with van der Waals surface area (Å²) in [4.78, 5) is 1.35. The van der Waals surface area contributed by atoms with Gasteiger partial charge in [0.15, 0.2) is 0 Å². The molecule has 0 bridgehead atoms. The third kappa shape index (κ3) is 4.47. The number of halogens is 6. The summed E-state index contributed by atoms with van der Waals surface area (Å²) in [6, 6.07) is 18.1. The number of rotatable bonds is 3. The van der Waals surface area contributed by atoms with Crippen molar-refractivity contribution in [3.05, 3.63) is 90.0 Å². The monoisotopic (exact) mass is 400 g/mol. The summed E-state index contributed by atoms with van der Waals surface area (Å²) in [7, 11) is -1.57. The Hall–Kier alpha value is -2.41. The standard InChI is InChI=1S/C20H14F6S/c21-19(22,23)14-6-4-10-17(12-14)27(16-8-2-1-3-9-16)18-11-5-7-15(13-18)20(24,25)26/h1-13,27H. The molecule has 0 radical (unpaired) electrons. The fraction of sp³-hybridized carbons (Fsp3) is 0.100. The molecule has 0 aliphatic rings. The second-order valence-electron chi connectivity index (χ2n) is 5.77. The minimum atomic E-state index is -4.53. The minimum absolute atomic E-state index is 0.338. The van der Waals surface area contributed by atoms with E-state index in [9.17, 15) is 26.3 Å². The number of hydrogen-bond donors (Lipinski definition) is 1. The van der Waals surface area contributed by atoms with E-state index < -0.39 is 34.4 Å². The molecule has 0 fully saturated rings. The zero-order valence-corrected chi connectivity index (χ0v) is 14.6. The average molecular weight is 400 g/mol. The van der Waals surface area contributed by atoms with Gasteiger partial charge in [-0.05, 0) is 63.2 Å². The van der Waals surface area contributed by atoms with Gasteiger partial charge < -0.3 is 0 Å². The molecule has 0 aliphatic carbocycles. The van der Waals surface area contributed by atoms with Crippen molar-refractivity contribution < 1.29 is 26.3 Å². The van der Waals surface area contributed by atoms with Crippen LogP contribution >= 0.6 is 10.9 Å². The number of hydrogen-bond acceptors (Lipinski definition) is 0. The summed E-state index contributed by atoms with van der Waals surface area (Å²) in [5, 5.41) is 0. The maximum atomic E-state index is 13.1. The fourth-order valence-corrected chi connectivity index (χ4v) is 5.04. The largest absolute Gasteiger partial charge is 0.416 e. The van der Waals surface area contributed by atoms with Crippen LogP contribution in [0.15, 0.2) is 93.5 Å². The van der Waals surface area contributed by atoms with Crippen LogP contribution in [0, 0.1) is 0 Å². The van der Waals surface area contributed by atoms with Crippen LogP contribution in [-0.4, -0.2) is 0 Å². The Labute approximate surface area is 154 Å². The Morgan fingerprint density at radius 3 is 1.30 bits per heavy atom. The highest BCUT2D eigenvalue weighted by atomic mass is 32.2. The first kappa shape index (κ1) is 19.4. The molecule has 0 saturated heterocycles. The molecule has 0 nitrogen and oxygen atoms in total. The molecule has 3 aromatic carbocycles. The molecule has 0 heterocycles. The van der Waals surface area contributed by atoms with Crippen molar-refractivity contribution in [1.29, 1.82) is 0 Å². The van der Waals surface area contributed by atoms with Gasteiger partial charge >= 0.3 is 12.4 Å².